The fourth-order valence-corrected chi connectivity index (χ4v) is 1.84. The van der Waals surface area contributed by atoms with Crippen LogP contribution in [0.2, 0.25) is 0 Å². The SMILES string of the molecule is C=C(CN(C)CC=CC#CC(C)(C)C)c1ccccc1N. The van der Waals surface area contributed by atoms with Crippen LogP contribution >= 0.6 is 0 Å². The number of allylic oxidation sites excluding steroid dienone is 1. The molecule has 0 spiro atoms. The Morgan fingerprint density at radius 3 is 2.62 bits per heavy atom. The molecular weight excluding hydrogens is 256 g/mol. The van der Waals surface area contributed by atoms with E-state index in [4.69, 9.17) is 5.73 Å². The largest absolute Gasteiger partial charge is 0.398 e. The lowest BCUT2D eigenvalue weighted by atomic mass is 9.98. The Kier molecular flexibility index (Phi) is 6.27. The van der Waals surface area contributed by atoms with Gasteiger partial charge in [-0.25, -0.2) is 0 Å². The molecule has 0 atom stereocenters. The first kappa shape index (κ1) is 17.1. The highest BCUT2D eigenvalue weighted by Crippen LogP contribution is 2.19. The van der Waals surface area contributed by atoms with Crippen molar-refractivity contribution < 1.29 is 0 Å². The van der Waals surface area contributed by atoms with E-state index >= 15 is 0 Å². The van der Waals surface area contributed by atoms with Crippen LogP contribution in [0.25, 0.3) is 5.57 Å². The van der Waals surface area contributed by atoms with Gasteiger partial charge >= 0.3 is 0 Å². The smallest absolute Gasteiger partial charge is 0.0390 e. The number of nitrogen functional groups attached to an aromatic ring is 1. The normalized spacial score (nSPS) is 11.5. The molecule has 0 unspecified atom stereocenters. The molecule has 0 amide bonds. The molecule has 0 aliphatic heterocycles. The second-order valence-electron chi connectivity index (χ2n) is 6.31. The summed E-state index contributed by atoms with van der Waals surface area (Å²) in [5.74, 6) is 6.26. The van der Waals surface area contributed by atoms with E-state index in [0.29, 0.717) is 0 Å². The first-order valence-corrected chi connectivity index (χ1v) is 7.18. The van der Waals surface area contributed by atoms with Gasteiger partial charge in [0.05, 0.1) is 0 Å². The van der Waals surface area contributed by atoms with Gasteiger partial charge in [-0.3, -0.25) is 4.90 Å². The zero-order valence-electron chi connectivity index (χ0n) is 13.6. The molecule has 0 fully saturated rings. The van der Waals surface area contributed by atoms with Crippen LogP contribution in [0.5, 0.6) is 0 Å². The van der Waals surface area contributed by atoms with Crippen molar-refractivity contribution in [3.8, 4) is 11.8 Å². The summed E-state index contributed by atoms with van der Waals surface area (Å²) in [4.78, 5) is 2.18. The molecule has 21 heavy (non-hydrogen) atoms. The Morgan fingerprint density at radius 1 is 1.33 bits per heavy atom. The minimum Gasteiger partial charge on any atom is -0.398 e. The molecule has 1 aromatic rings. The van der Waals surface area contributed by atoms with Gasteiger partial charge in [0.15, 0.2) is 0 Å². The van der Waals surface area contributed by atoms with Crippen molar-refractivity contribution in [1.82, 2.24) is 4.90 Å². The third-order valence-electron chi connectivity index (χ3n) is 2.87. The summed E-state index contributed by atoms with van der Waals surface area (Å²) >= 11 is 0. The summed E-state index contributed by atoms with van der Waals surface area (Å²) in [6.07, 6.45) is 3.99. The number of anilines is 1. The monoisotopic (exact) mass is 282 g/mol. The topological polar surface area (TPSA) is 29.3 Å². The predicted molar refractivity (Wildman–Crippen MR) is 93.8 cm³/mol. The molecule has 0 aliphatic rings. The quantitative estimate of drug-likeness (QED) is 0.657. The molecule has 2 heteroatoms. The van der Waals surface area contributed by atoms with Crippen molar-refractivity contribution in [3.05, 3.63) is 48.6 Å². The number of nitrogens with zero attached hydrogens (tertiary/aromatic N) is 1. The second-order valence-corrected chi connectivity index (χ2v) is 6.31. The van der Waals surface area contributed by atoms with Crippen molar-refractivity contribution in [2.75, 3.05) is 25.9 Å². The number of nitrogens with two attached hydrogens (primary N) is 1. The van der Waals surface area contributed by atoms with Crippen molar-refractivity contribution in [1.29, 1.82) is 0 Å². The Hall–Kier alpha value is -1.98. The standard InChI is InChI=1S/C19H26N2/c1-16(17-11-7-8-12-18(17)20)15-21(5)14-10-6-9-13-19(2,3)4/h6-8,10-12H,1,14-15,20H2,2-5H3. The molecule has 2 nitrogen and oxygen atoms in total. The van der Waals surface area contributed by atoms with Gasteiger partial charge in [-0.1, -0.05) is 42.7 Å². The number of benzene rings is 1. The van der Waals surface area contributed by atoms with Gasteiger partial charge in [-0.2, -0.15) is 0 Å². The molecule has 0 saturated carbocycles. The van der Waals surface area contributed by atoms with E-state index in [1.165, 1.54) is 0 Å². The highest BCUT2D eigenvalue weighted by Gasteiger charge is 2.05. The van der Waals surface area contributed by atoms with Crippen LogP contribution in [0.3, 0.4) is 0 Å². The van der Waals surface area contributed by atoms with Crippen molar-refractivity contribution in [3.63, 3.8) is 0 Å². The molecule has 2 N–H and O–H groups in total. The molecule has 0 bridgehead atoms. The van der Waals surface area contributed by atoms with Gasteiger partial charge in [-0.15, -0.1) is 0 Å². The highest BCUT2D eigenvalue weighted by molar-refractivity contribution is 5.74. The van der Waals surface area contributed by atoms with Crippen LogP contribution in [0, 0.1) is 17.3 Å². The Bertz CT molecular complexity index is 565. The number of rotatable bonds is 5. The summed E-state index contributed by atoms with van der Waals surface area (Å²) < 4.78 is 0. The zero-order chi connectivity index (χ0) is 15.9. The van der Waals surface area contributed by atoms with E-state index < -0.39 is 0 Å². The fraction of sp³-hybridized carbons (Fsp3) is 0.368. The van der Waals surface area contributed by atoms with E-state index in [0.717, 1.165) is 29.9 Å². The summed E-state index contributed by atoms with van der Waals surface area (Å²) in [7, 11) is 2.06. The van der Waals surface area contributed by atoms with E-state index in [9.17, 15) is 0 Å². The summed E-state index contributed by atoms with van der Waals surface area (Å²) in [5.41, 5.74) is 8.86. The minimum absolute atomic E-state index is 0.0510. The van der Waals surface area contributed by atoms with Crippen molar-refractivity contribution >= 4 is 11.3 Å². The third kappa shape index (κ3) is 6.83. The summed E-state index contributed by atoms with van der Waals surface area (Å²) in [5, 5.41) is 0. The van der Waals surface area contributed by atoms with Gasteiger partial charge in [0, 0.05) is 29.8 Å². The molecule has 0 radical (unpaired) electrons. The highest BCUT2D eigenvalue weighted by atomic mass is 15.1. The van der Waals surface area contributed by atoms with Crippen LogP contribution in [-0.4, -0.2) is 25.0 Å². The van der Waals surface area contributed by atoms with Crippen molar-refractivity contribution in [2.24, 2.45) is 5.41 Å². The lowest BCUT2D eigenvalue weighted by molar-refractivity contribution is 0.419. The average molecular weight is 282 g/mol. The van der Waals surface area contributed by atoms with Gasteiger partial charge < -0.3 is 5.73 Å². The number of hydrogen-bond donors (Lipinski definition) is 1. The maximum atomic E-state index is 5.97. The molecule has 0 saturated heterocycles. The Labute approximate surface area is 129 Å². The van der Waals surface area contributed by atoms with Gasteiger partial charge in [0.2, 0.25) is 0 Å². The minimum atomic E-state index is 0.0510. The second kappa shape index (κ2) is 7.71. The average Bonchev–Trinajstić information content (AvgIpc) is 2.37. The van der Waals surface area contributed by atoms with Crippen LogP contribution < -0.4 is 5.73 Å². The zero-order valence-corrected chi connectivity index (χ0v) is 13.6. The van der Waals surface area contributed by atoms with E-state index in [1.807, 2.05) is 30.3 Å². The number of para-hydroxylation sites is 1. The summed E-state index contributed by atoms with van der Waals surface area (Å²) in [6, 6.07) is 7.84. The van der Waals surface area contributed by atoms with E-state index in [-0.39, 0.29) is 5.41 Å². The molecule has 1 rings (SSSR count). The van der Waals surface area contributed by atoms with Crippen LogP contribution in [-0.2, 0) is 0 Å². The maximum absolute atomic E-state index is 5.97. The van der Waals surface area contributed by atoms with Gasteiger partial charge in [0.1, 0.15) is 0 Å². The number of likely N-dealkylation sites (N-methyl/N-ethyl adjacent to an activating group) is 1. The van der Waals surface area contributed by atoms with E-state index in [2.05, 4.69) is 57.2 Å². The molecule has 1 aromatic carbocycles. The molecule has 112 valence electrons. The molecule has 0 aliphatic carbocycles. The lowest BCUT2D eigenvalue weighted by Crippen LogP contribution is -2.20. The molecule has 0 aromatic heterocycles. The molecular formula is C19H26N2. The third-order valence-corrected chi connectivity index (χ3v) is 2.87. The number of hydrogen-bond acceptors (Lipinski definition) is 2. The predicted octanol–water partition coefficient (Wildman–Crippen LogP) is 3.82. The van der Waals surface area contributed by atoms with Crippen LogP contribution in [0.1, 0.15) is 26.3 Å². The first-order chi connectivity index (χ1) is 9.79. The lowest BCUT2D eigenvalue weighted by Gasteiger charge is -2.17. The van der Waals surface area contributed by atoms with Crippen molar-refractivity contribution in [2.45, 2.75) is 20.8 Å². The maximum Gasteiger partial charge on any atom is 0.0390 e. The first-order valence-electron chi connectivity index (χ1n) is 7.18. The van der Waals surface area contributed by atoms with Crippen LogP contribution in [0.4, 0.5) is 5.69 Å². The van der Waals surface area contributed by atoms with Crippen LogP contribution in [0.15, 0.2) is 43.0 Å². The summed E-state index contributed by atoms with van der Waals surface area (Å²) in [6.45, 7) is 12.1. The Morgan fingerprint density at radius 2 is 2.00 bits per heavy atom. The van der Waals surface area contributed by atoms with E-state index in [1.54, 1.807) is 0 Å². The fourth-order valence-electron chi connectivity index (χ4n) is 1.84. The van der Waals surface area contributed by atoms with Gasteiger partial charge in [0.25, 0.3) is 0 Å². The Balaban J connectivity index is 2.49. The molecule has 0 heterocycles. The van der Waals surface area contributed by atoms with Gasteiger partial charge in [-0.05, 0) is 45.5 Å².